The maximum absolute atomic E-state index is 10.5. The van der Waals surface area contributed by atoms with Crippen molar-refractivity contribution < 1.29 is 14.4 Å². The van der Waals surface area contributed by atoms with E-state index in [2.05, 4.69) is 10.1 Å². The summed E-state index contributed by atoms with van der Waals surface area (Å²) >= 11 is 0. The summed E-state index contributed by atoms with van der Waals surface area (Å²) in [5.74, 6) is 1.81. The number of aliphatic hydroxyl groups is 1. The molecule has 0 bridgehead atoms. The normalized spacial score (nSPS) is 37.6. The van der Waals surface area contributed by atoms with E-state index in [-0.39, 0.29) is 12.2 Å². The summed E-state index contributed by atoms with van der Waals surface area (Å²) in [6, 6.07) is 0. The molecule has 0 radical (unpaired) electrons. The molecule has 1 saturated heterocycles. The number of hydrogen-bond acceptors (Lipinski definition) is 5. The maximum atomic E-state index is 10.5. The molecule has 0 aromatic carbocycles. The molecular weight excluding hydrogens is 220 g/mol. The Morgan fingerprint density at radius 3 is 2.76 bits per heavy atom. The van der Waals surface area contributed by atoms with E-state index in [1.807, 2.05) is 13.8 Å². The van der Waals surface area contributed by atoms with Crippen molar-refractivity contribution in [1.82, 2.24) is 10.1 Å². The van der Waals surface area contributed by atoms with Gasteiger partial charge in [0.1, 0.15) is 5.60 Å². The molecule has 2 heterocycles. The SMILES string of the molecule is C[C@@H]1C[C@](O)(Cc2nc(C3CC3)no2)[C@@H](C)O1. The second kappa shape index (κ2) is 3.78. The Morgan fingerprint density at radius 1 is 1.41 bits per heavy atom. The Kier molecular flexibility index (Phi) is 2.48. The van der Waals surface area contributed by atoms with Gasteiger partial charge in [0, 0.05) is 12.3 Å². The standard InChI is InChI=1S/C12H18N2O3/c1-7-5-12(15,8(2)16-7)6-10-13-11(14-17-10)9-3-4-9/h7-9,15H,3-6H2,1-2H3/t7-,8-,12+/m1/s1. The van der Waals surface area contributed by atoms with Gasteiger partial charge in [0.2, 0.25) is 5.89 Å². The first kappa shape index (κ1) is 11.2. The molecule has 1 saturated carbocycles. The summed E-state index contributed by atoms with van der Waals surface area (Å²) < 4.78 is 10.8. The van der Waals surface area contributed by atoms with Crippen molar-refractivity contribution in [3.05, 3.63) is 11.7 Å². The van der Waals surface area contributed by atoms with Crippen LogP contribution >= 0.6 is 0 Å². The first-order valence-electron chi connectivity index (χ1n) is 6.27. The van der Waals surface area contributed by atoms with E-state index in [4.69, 9.17) is 9.26 Å². The highest BCUT2D eigenvalue weighted by Crippen LogP contribution is 2.39. The highest BCUT2D eigenvalue weighted by atomic mass is 16.5. The summed E-state index contributed by atoms with van der Waals surface area (Å²) in [4.78, 5) is 4.35. The smallest absolute Gasteiger partial charge is 0.229 e. The van der Waals surface area contributed by atoms with Crippen molar-refractivity contribution >= 4 is 0 Å². The van der Waals surface area contributed by atoms with E-state index in [1.54, 1.807) is 0 Å². The monoisotopic (exact) mass is 238 g/mol. The van der Waals surface area contributed by atoms with Crippen molar-refractivity contribution in [3.63, 3.8) is 0 Å². The zero-order chi connectivity index (χ0) is 12.0. The Morgan fingerprint density at radius 2 is 2.18 bits per heavy atom. The third kappa shape index (κ3) is 2.09. The van der Waals surface area contributed by atoms with Gasteiger partial charge < -0.3 is 14.4 Å². The lowest BCUT2D eigenvalue weighted by molar-refractivity contribution is -0.0385. The zero-order valence-electron chi connectivity index (χ0n) is 10.2. The van der Waals surface area contributed by atoms with Crippen molar-refractivity contribution in [2.75, 3.05) is 0 Å². The Balaban J connectivity index is 1.72. The molecule has 94 valence electrons. The number of aromatic nitrogens is 2. The van der Waals surface area contributed by atoms with Gasteiger partial charge in [0.05, 0.1) is 18.6 Å². The fourth-order valence-electron chi connectivity index (χ4n) is 2.51. The quantitative estimate of drug-likeness (QED) is 0.862. The number of ether oxygens (including phenoxy) is 1. The van der Waals surface area contributed by atoms with E-state index < -0.39 is 5.60 Å². The van der Waals surface area contributed by atoms with Gasteiger partial charge in [0.15, 0.2) is 5.82 Å². The highest BCUT2D eigenvalue weighted by molar-refractivity contribution is 5.06. The molecule has 0 spiro atoms. The van der Waals surface area contributed by atoms with Gasteiger partial charge in [-0.05, 0) is 26.7 Å². The van der Waals surface area contributed by atoms with Crippen LogP contribution in [0.1, 0.15) is 50.7 Å². The number of hydrogen-bond donors (Lipinski definition) is 1. The predicted molar refractivity (Wildman–Crippen MR) is 59.6 cm³/mol. The van der Waals surface area contributed by atoms with Crippen LogP contribution in [0.2, 0.25) is 0 Å². The number of rotatable bonds is 3. The summed E-state index contributed by atoms with van der Waals surface area (Å²) in [6.07, 6.45) is 3.21. The molecule has 5 heteroatoms. The first-order valence-corrected chi connectivity index (χ1v) is 6.27. The first-order chi connectivity index (χ1) is 8.07. The van der Waals surface area contributed by atoms with E-state index in [0.29, 0.717) is 24.7 Å². The van der Waals surface area contributed by atoms with Gasteiger partial charge in [-0.15, -0.1) is 0 Å². The van der Waals surface area contributed by atoms with Gasteiger partial charge in [-0.2, -0.15) is 4.98 Å². The summed E-state index contributed by atoms with van der Waals surface area (Å²) in [5.41, 5.74) is -0.868. The zero-order valence-corrected chi connectivity index (χ0v) is 10.2. The molecule has 3 atom stereocenters. The average Bonchev–Trinajstić information content (AvgIpc) is 2.94. The minimum absolute atomic E-state index is 0.0841. The van der Waals surface area contributed by atoms with Crippen LogP contribution in [-0.2, 0) is 11.2 Å². The molecule has 0 unspecified atom stereocenters. The molecule has 17 heavy (non-hydrogen) atoms. The van der Waals surface area contributed by atoms with E-state index in [0.717, 1.165) is 18.7 Å². The maximum Gasteiger partial charge on any atom is 0.229 e. The molecule has 1 N–H and O–H groups in total. The molecule has 2 fully saturated rings. The van der Waals surface area contributed by atoms with Crippen molar-refractivity contribution in [3.8, 4) is 0 Å². The Hall–Kier alpha value is -0.940. The third-order valence-corrected chi connectivity index (χ3v) is 3.72. The molecule has 1 aromatic heterocycles. The summed E-state index contributed by atoms with van der Waals surface area (Å²) in [6.45, 7) is 3.86. The second-order valence-electron chi connectivity index (χ2n) is 5.39. The van der Waals surface area contributed by atoms with E-state index in [1.165, 1.54) is 0 Å². The van der Waals surface area contributed by atoms with Crippen molar-refractivity contribution in [2.24, 2.45) is 0 Å². The molecule has 0 amide bonds. The van der Waals surface area contributed by atoms with Gasteiger partial charge in [-0.25, -0.2) is 0 Å². The van der Waals surface area contributed by atoms with Gasteiger partial charge >= 0.3 is 0 Å². The van der Waals surface area contributed by atoms with Gasteiger partial charge in [-0.3, -0.25) is 0 Å². The van der Waals surface area contributed by atoms with Gasteiger partial charge in [0.25, 0.3) is 0 Å². The molecule has 1 aliphatic carbocycles. The molecule has 2 aliphatic rings. The van der Waals surface area contributed by atoms with Crippen molar-refractivity contribution in [2.45, 2.75) is 63.3 Å². The average molecular weight is 238 g/mol. The van der Waals surface area contributed by atoms with Crippen LogP contribution in [0.15, 0.2) is 4.52 Å². The second-order valence-corrected chi connectivity index (χ2v) is 5.39. The Bertz CT molecular complexity index is 416. The van der Waals surface area contributed by atoms with Gasteiger partial charge in [-0.1, -0.05) is 5.16 Å². The molecular formula is C12H18N2O3. The Labute approximate surface area is 100 Å². The van der Waals surface area contributed by atoms with Crippen LogP contribution in [0.4, 0.5) is 0 Å². The topological polar surface area (TPSA) is 68.4 Å². The largest absolute Gasteiger partial charge is 0.387 e. The predicted octanol–water partition coefficient (Wildman–Crippen LogP) is 1.42. The summed E-state index contributed by atoms with van der Waals surface area (Å²) in [5, 5.41) is 14.5. The van der Waals surface area contributed by atoms with Crippen LogP contribution < -0.4 is 0 Å². The molecule has 1 aromatic rings. The number of nitrogens with zero attached hydrogens (tertiary/aromatic N) is 2. The van der Waals surface area contributed by atoms with Crippen LogP contribution in [0, 0.1) is 0 Å². The molecule has 3 rings (SSSR count). The van der Waals surface area contributed by atoms with E-state index in [9.17, 15) is 5.11 Å². The van der Waals surface area contributed by atoms with Crippen molar-refractivity contribution in [1.29, 1.82) is 0 Å². The molecule has 5 nitrogen and oxygen atoms in total. The minimum Gasteiger partial charge on any atom is -0.387 e. The fourth-order valence-corrected chi connectivity index (χ4v) is 2.51. The molecule has 1 aliphatic heterocycles. The van der Waals surface area contributed by atoms with Crippen LogP contribution in [0.25, 0.3) is 0 Å². The lowest BCUT2D eigenvalue weighted by atomic mass is 9.91. The highest BCUT2D eigenvalue weighted by Gasteiger charge is 2.44. The lowest BCUT2D eigenvalue weighted by Gasteiger charge is -2.23. The van der Waals surface area contributed by atoms with Crippen LogP contribution in [0.3, 0.4) is 0 Å². The third-order valence-electron chi connectivity index (χ3n) is 3.72. The van der Waals surface area contributed by atoms with Crippen LogP contribution in [-0.4, -0.2) is 33.1 Å². The lowest BCUT2D eigenvalue weighted by Crippen LogP contribution is -2.38. The minimum atomic E-state index is -0.868. The van der Waals surface area contributed by atoms with Crippen LogP contribution in [0.5, 0.6) is 0 Å². The summed E-state index contributed by atoms with van der Waals surface area (Å²) in [7, 11) is 0. The fraction of sp³-hybridized carbons (Fsp3) is 0.833. The van der Waals surface area contributed by atoms with E-state index >= 15 is 0 Å².